The van der Waals surface area contributed by atoms with Gasteiger partial charge in [0, 0.05) is 5.97 Å². The normalized spacial score (nSPS) is 13.0. The lowest BCUT2D eigenvalue weighted by Crippen LogP contribution is -2.35. The molecule has 1 aromatic rings. The summed E-state index contributed by atoms with van der Waals surface area (Å²) in [6, 6.07) is 0. The zero-order chi connectivity index (χ0) is 19.1. The van der Waals surface area contributed by atoms with E-state index < -0.39 is 5.97 Å². The molecule has 0 N–H and O–H groups in total. The Hall–Kier alpha value is -1.32. The topological polar surface area (TPSA) is 48.9 Å². The second kappa shape index (κ2) is 15.0. The SMILES string of the molecule is CC(=O)[O-].CCCCC(CC)Cn1cc[n+](CC(CC)CCCC)c1. The number of carbonyl (C=O) groups is 1. The third-order valence-corrected chi connectivity index (χ3v) is 4.77. The molecule has 1 aromatic heterocycles. The number of imidazole rings is 1. The van der Waals surface area contributed by atoms with Crippen molar-refractivity contribution in [2.24, 2.45) is 11.8 Å². The highest BCUT2D eigenvalue weighted by Gasteiger charge is 2.14. The molecule has 0 bridgehead atoms. The predicted molar refractivity (Wildman–Crippen MR) is 102 cm³/mol. The van der Waals surface area contributed by atoms with Crippen LogP contribution >= 0.6 is 0 Å². The number of carbonyl (C=O) groups excluding carboxylic acids is 1. The van der Waals surface area contributed by atoms with Gasteiger partial charge in [-0.3, -0.25) is 0 Å². The Morgan fingerprint density at radius 1 is 1.04 bits per heavy atom. The van der Waals surface area contributed by atoms with Crippen LogP contribution in [-0.4, -0.2) is 10.5 Å². The fourth-order valence-corrected chi connectivity index (χ4v) is 3.09. The van der Waals surface area contributed by atoms with Crippen molar-refractivity contribution in [3.63, 3.8) is 0 Å². The molecule has 1 heterocycles. The van der Waals surface area contributed by atoms with Crippen molar-refractivity contribution < 1.29 is 14.5 Å². The first-order valence-electron chi connectivity index (χ1n) is 10.2. The average molecular weight is 353 g/mol. The molecule has 0 spiro atoms. The molecule has 25 heavy (non-hydrogen) atoms. The molecule has 1 rings (SSSR count). The summed E-state index contributed by atoms with van der Waals surface area (Å²) in [6.45, 7) is 12.6. The molecule has 0 aliphatic rings. The summed E-state index contributed by atoms with van der Waals surface area (Å²) < 4.78 is 4.80. The van der Waals surface area contributed by atoms with Gasteiger partial charge in [-0.15, -0.1) is 0 Å². The van der Waals surface area contributed by atoms with Gasteiger partial charge in [-0.25, -0.2) is 9.13 Å². The van der Waals surface area contributed by atoms with E-state index in [-0.39, 0.29) is 0 Å². The first-order chi connectivity index (χ1) is 12.0. The van der Waals surface area contributed by atoms with E-state index in [0.717, 1.165) is 18.8 Å². The van der Waals surface area contributed by atoms with Crippen LogP contribution in [0.4, 0.5) is 0 Å². The standard InChI is InChI=1S/C19H37N2.C2H4O2/c1-5-9-11-18(7-3)15-20-13-14-21(17-20)16-19(8-4)12-10-6-2;1-2(3)4/h13-14,17-19H,5-12,15-16H2,1-4H3;1H3,(H,3,4)/q+1;/p-1. The summed E-state index contributed by atoms with van der Waals surface area (Å²) >= 11 is 0. The van der Waals surface area contributed by atoms with E-state index in [1.165, 1.54) is 64.5 Å². The Balaban J connectivity index is 0.00000129. The molecular weight excluding hydrogens is 312 g/mol. The quantitative estimate of drug-likeness (QED) is 0.535. The Labute approximate surface area is 155 Å². The molecule has 0 aliphatic carbocycles. The lowest BCUT2D eigenvalue weighted by molar-refractivity contribution is -0.703. The Morgan fingerprint density at radius 2 is 1.56 bits per heavy atom. The van der Waals surface area contributed by atoms with E-state index in [2.05, 4.69) is 55.6 Å². The zero-order valence-electron chi connectivity index (χ0n) is 17.2. The number of hydrogen-bond donors (Lipinski definition) is 0. The molecule has 2 atom stereocenters. The second-order valence-electron chi connectivity index (χ2n) is 7.13. The van der Waals surface area contributed by atoms with Gasteiger partial charge in [0.25, 0.3) is 0 Å². The van der Waals surface area contributed by atoms with Gasteiger partial charge in [-0.05, 0) is 44.4 Å². The van der Waals surface area contributed by atoms with Gasteiger partial charge in [-0.2, -0.15) is 0 Å². The molecule has 0 aliphatic heterocycles. The van der Waals surface area contributed by atoms with Crippen molar-refractivity contribution in [2.75, 3.05) is 0 Å². The van der Waals surface area contributed by atoms with Gasteiger partial charge >= 0.3 is 0 Å². The van der Waals surface area contributed by atoms with Gasteiger partial charge < -0.3 is 9.90 Å². The van der Waals surface area contributed by atoms with Crippen molar-refractivity contribution in [3.8, 4) is 0 Å². The van der Waals surface area contributed by atoms with Gasteiger partial charge in [0.15, 0.2) is 0 Å². The number of aromatic nitrogens is 2. The number of hydrogen-bond acceptors (Lipinski definition) is 2. The minimum atomic E-state index is -1.08. The summed E-state index contributed by atoms with van der Waals surface area (Å²) in [5.41, 5.74) is 0. The fourth-order valence-electron chi connectivity index (χ4n) is 3.09. The van der Waals surface area contributed by atoms with E-state index >= 15 is 0 Å². The van der Waals surface area contributed by atoms with E-state index in [0.29, 0.717) is 0 Å². The first kappa shape index (κ1) is 23.7. The number of carboxylic acid groups (broad SMARTS) is 1. The maximum Gasteiger partial charge on any atom is 0.243 e. The lowest BCUT2D eigenvalue weighted by atomic mass is 9.99. The molecule has 0 saturated carbocycles. The van der Waals surface area contributed by atoms with Crippen LogP contribution in [0.15, 0.2) is 18.7 Å². The molecule has 4 heteroatoms. The maximum absolute atomic E-state index is 8.89. The molecule has 0 amide bonds. The van der Waals surface area contributed by atoms with Crippen LogP contribution < -0.4 is 9.67 Å². The molecule has 0 saturated heterocycles. The molecule has 2 unspecified atom stereocenters. The number of rotatable bonds is 12. The highest BCUT2D eigenvalue weighted by molar-refractivity contribution is 5.60. The summed E-state index contributed by atoms with van der Waals surface area (Å²) in [5, 5.41) is 8.89. The van der Waals surface area contributed by atoms with Crippen molar-refractivity contribution >= 4 is 5.97 Å². The van der Waals surface area contributed by atoms with Gasteiger partial charge in [0.2, 0.25) is 6.33 Å². The third-order valence-electron chi connectivity index (χ3n) is 4.77. The molecular formula is C21H40N2O2. The second-order valence-corrected chi connectivity index (χ2v) is 7.13. The number of aliphatic carboxylic acids is 1. The van der Waals surface area contributed by atoms with Crippen molar-refractivity contribution in [2.45, 2.75) is 99.1 Å². The first-order valence-corrected chi connectivity index (χ1v) is 10.2. The predicted octanol–water partition coefficient (Wildman–Crippen LogP) is 3.96. The molecule has 4 nitrogen and oxygen atoms in total. The minimum absolute atomic E-state index is 0.841. The van der Waals surface area contributed by atoms with Crippen LogP contribution in [0.1, 0.15) is 86.0 Å². The summed E-state index contributed by atoms with van der Waals surface area (Å²) in [5.74, 6) is 0.598. The van der Waals surface area contributed by atoms with Crippen LogP contribution in [0.5, 0.6) is 0 Å². The minimum Gasteiger partial charge on any atom is -0.550 e. The summed E-state index contributed by atoms with van der Waals surface area (Å²) in [6.07, 6.45) is 17.6. The highest BCUT2D eigenvalue weighted by atomic mass is 16.4. The maximum atomic E-state index is 8.89. The fraction of sp³-hybridized carbons (Fsp3) is 0.810. The van der Waals surface area contributed by atoms with E-state index in [4.69, 9.17) is 9.90 Å². The zero-order valence-corrected chi connectivity index (χ0v) is 17.2. The Morgan fingerprint density at radius 3 is 2.04 bits per heavy atom. The van der Waals surface area contributed by atoms with Crippen LogP contribution in [0.25, 0.3) is 0 Å². The number of nitrogens with zero attached hydrogens (tertiary/aromatic N) is 2. The largest absolute Gasteiger partial charge is 0.550 e. The van der Waals surface area contributed by atoms with Gasteiger partial charge in [0.1, 0.15) is 12.4 Å². The third kappa shape index (κ3) is 12.7. The van der Waals surface area contributed by atoms with Crippen molar-refractivity contribution in [1.29, 1.82) is 0 Å². The molecule has 0 radical (unpaired) electrons. The number of carboxylic acids is 1. The van der Waals surface area contributed by atoms with Crippen molar-refractivity contribution in [1.82, 2.24) is 4.57 Å². The molecule has 0 aromatic carbocycles. The van der Waals surface area contributed by atoms with Gasteiger partial charge in [0.05, 0.1) is 13.1 Å². The summed E-state index contributed by atoms with van der Waals surface area (Å²) in [7, 11) is 0. The van der Waals surface area contributed by atoms with Crippen LogP contribution in [-0.2, 0) is 17.9 Å². The average Bonchev–Trinajstić information content (AvgIpc) is 3.01. The van der Waals surface area contributed by atoms with Crippen LogP contribution in [0.3, 0.4) is 0 Å². The van der Waals surface area contributed by atoms with E-state index in [1.807, 2.05) is 0 Å². The summed E-state index contributed by atoms with van der Waals surface area (Å²) in [4.78, 5) is 8.89. The Kier molecular flexibility index (Phi) is 14.2. The highest BCUT2D eigenvalue weighted by Crippen LogP contribution is 2.15. The van der Waals surface area contributed by atoms with Crippen LogP contribution in [0, 0.1) is 11.8 Å². The monoisotopic (exact) mass is 352 g/mol. The van der Waals surface area contributed by atoms with Gasteiger partial charge in [-0.1, -0.05) is 53.4 Å². The van der Waals surface area contributed by atoms with E-state index in [9.17, 15) is 0 Å². The molecule has 0 fully saturated rings. The van der Waals surface area contributed by atoms with Crippen LogP contribution in [0.2, 0.25) is 0 Å². The smallest absolute Gasteiger partial charge is 0.243 e. The Bertz CT molecular complexity index is 406. The number of unbranched alkanes of at least 4 members (excludes halogenated alkanes) is 2. The lowest BCUT2D eigenvalue weighted by Gasteiger charge is -2.12. The van der Waals surface area contributed by atoms with Crippen molar-refractivity contribution in [3.05, 3.63) is 18.7 Å². The van der Waals surface area contributed by atoms with E-state index in [1.54, 1.807) is 0 Å². The molecule has 146 valence electrons.